The summed E-state index contributed by atoms with van der Waals surface area (Å²) >= 11 is 5.91. The molecule has 0 saturated heterocycles. The molecule has 0 aliphatic heterocycles. The highest BCUT2D eigenvalue weighted by atomic mass is 35.5. The number of benzene rings is 2. The summed E-state index contributed by atoms with van der Waals surface area (Å²) in [6.07, 6.45) is 1.66. The van der Waals surface area contributed by atoms with Gasteiger partial charge in [0.15, 0.2) is 0 Å². The molecule has 3 rings (SSSR count). The van der Waals surface area contributed by atoms with Gasteiger partial charge in [-0.2, -0.15) is 0 Å². The Hall–Kier alpha value is -2.85. The Morgan fingerprint density at radius 3 is 2.60 bits per heavy atom. The third-order valence-corrected chi connectivity index (χ3v) is 4.00. The van der Waals surface area contributed by atoms with Gasteiger partial charge in [-0.1, -0.05) is 35.9 Å². The molecule has 0 aliphatic rings. The van der Waals surface area contributed by atoms with Crippen molar-refractivity contribution in [3.63, 3.8) is 0 Å². The van der Waals surface area contributed by atoms with Crippen LogP contribution in [0.15, 0.2) is 66.9 Å². The van der Waals surface area contributed by atoms with E-state index in [1.165, 1.54) is 0 Å². The second-order valence-corrected chi connectivity index (χ2v) is 5.87. The summed E-state index contributed by atoms with van der Waals surface area (Å²) < 4.78 is 5.18. The highest BCUT2D eigenvalue weighted by Crippen LogP contribution is 2.21. The van der Waals surface area contributed by atoms with Crippen molar-refractivity contribution in [3.8, 4) is 16.9 Å². The van der Waals surface area contributed by atoms with Gasteiger partial charge in [-0.3, -0.25) is 4.79 Å². The van der Waals surface area contributed by atoms with Crippen LogP contribution < -0.4 is 10.1 Å². The molecule has 2 aromatic carbocycles. The highest BCUT2D eigenvalue weighted by molar-refractivity contribution is 6.29. The Morgan fingerprint density at radius 2 is 1.88 bits per heavy atom. The van der Waals surface area contributed by atoms with Gasteiger partial charge in [0.05, 0.1) is 7.11 Å². The van der Waals surface area contributed by atoms with Gasteiger partial charge in [-0.15, -0.1) is 0 Å². The zero-order valence-electron chi connectivity index (χ0n) is 13.7. The molecule has 0 radical (unpaired) electrons. The summed E-state index contributed by atoms with van der Waals surface area (Å²) in [5.41, 5.74) is 3.53. The predicted octanol–water partition coefficient (Wildman–Crippen LogP) is 4.34. The van der Waals surface area contributed by atoms with E-state index in [0.29, 0.717) is 17.3 Å². The van der Waals surface area contributed by atoms with Gasteiger partial charge in [0, 0.05) is 18.3 Å². The van der Waals surface area contributed by atoms with Gasteiger partial charge in [0.25, 0.3) is 5.91 Å². The molecule has 1 aromatic heterocycles. The second kappa shape index (κ2) is 7.81. The van der Waals surface area contributed by atoms with Crippen LogP contribution in [0.1, 0.15) is 15.9 Å². The number of nitrogens with one attached hydrogen (secondary N) is 1. The van der Waals surface area contributed by atoms with Crippen molar-refractivity contribution in [1.29, 1.82) is 0 Å². The lowest BCUT2D eigenvalue weighted by atomic mass is 10.0. The lowest BCUT2D eigenvalue weighted by Crippen LogP contribution is -2.22. The largest absolute Gasteiger partial charge is 0.497 e. The molecular formula is C20H17ClN2O2. The molecule has 126 valence electrons. The van der Waals surface area contributed by atoms with E-state index in [4.69, 9.17) is 16.3 Å². The van der Waals surface area contributed by atoms with Crippen LogP contribution in [0.4, 0.5) is 0 Å². The smallest absolute Gasteiger partial charge is 0.251 e. The molecule has 0 unspecified atom stereocenters. The van der Waals surface area contributed by atoms with Crippen LogP contribution in [0.2, 0.25) is 5.15 Å². The topological polar surface area (TPSA) is 51.2 Å². The SMILES string of the molecule is COc1cccc(CNC(=O)c2ccc(-c3ccnc(Cl)c3)cc2)c1. The molecule has 1 heterocycles. The van der Waals surface area contributed by atoms with E-state index < -0.39 is 0 Å². The minimum Gasteiger partial charge on any atom is -0.497 e. The quantitative estimate of drug-likeness (QED) is 0.695. The normalized spacial score (nSPS) is 10.3. The van der Waals surface area contributed by atoms with Crippen LogP contribution in [-0.4, -0.2) is 18.0 Å². The van der Waals surface area contributed by atoms with Gasteiger partial charge >= 0.3 is 0 Å². The molecule has 1 amide bonds. The number of hydrogen-bond donors (Lipinski definition) is 1. The van der Waals surface area contributed by atoms with E-state index in [9.17, 15) is 4.79 Å². The fourth-order valence-electron chi connectivity index (χ4n) is 2.46. The lowest BCUT2D eigenvalue weighted by Gasteiger charge is -2.08. The van der Waals surface area contributed by atoms with Crippen molar-refractivity contribution in [1.82, 2.24) is 10.3 Å². The number of pyridine rings is 1. The number of aromatic nitrogens is 1. The number of hydrogen-bond acceptors (Lipinski definition) is 3. The summed E-state index contributed by atoms with van der Waals surface area (Å²) in [7, 11) is 1.62. The second-order valence-electron chi connectivity index (χ2n) is 5.48. The molecule has 0 fully saturated rings. The molecule has 5 heteroatoms. The molecule has 0 spiro atoms. The first-order valence-electron chi connectivity index (χ1n) is 7.79. The number of nitrogens with zero attached hydrogens (tertiary/aromatic N) is 1. The first-order chi connectivity index (χ1) is 12.2. The average Bonchev–Trinajstić information content (AvgIpc) is 2.66. The maximum atomic E-state index is 12.3. The number of halogens is 1. The number of methoxy groups -OCH3 is 1. The van der Waals surface area contributed by atoms with Crippen LogP contribution >= 0.6 is 11.6 Å². The molecule has 0 atom stereocenters. The minimum absolute atomic E-state index is 0.123. The van der Waals surface area contributed by atoms with Gasteiger partial charge < -0.3 is 10.1 Å². The monoisotopic (exact) mass is 352 g/mol. The van der Waals surface area contributed by atoms with Crippen LogP contribution in [0.3, 0.4) is 0 Å². The summed E-state index contributed by atoms with van der Waals surface area (Å²) in [5, 5.41) is 3.35. The van der Waals surface area contributed by atoms with Crippen molar-refractivity contribution in [2.75, 3.05) is 7.11 Å². The van der Waals surface area contributed by atoms with E-state index in [1.807, 2.05) is 42.5 Å². The third-order valence-electron chi connectivity index (χ3n) is 3.79. The van der Waals surface area contributed by atoms with E-state index in [-0.39, 0.29) is 5.91 Å². The summed E-state index contributed by atoms with van der Waals surface area (Å²) in [6, 6.07) is 18.7. The van der Waals surface area contributed by atoms with E-state index >= 15 is 0 Å². The molecule has 0 bridgehead atoms. The standard InChI is InChI=1S/C20H17ClN2O2/c1-25-18-4-2-3-14(11-18)13-23-20(24)16-7-5-15(6-8-16)17-9-10-22-19(21)12-17/h2-12H,13H2,1H3,(H,23,24). The fraction of sp³-hybridized carbons (Fsp3) is 0.100. The van der Waals surface area contributed by atoms with Crippen molar-refractivity contribution >= 4 is 17.5 Å². The molecular weight excluding hydrogens is 336 g/mol. The van der Waals surface area contributed by atoms with Crippen LogP contribution in [0.5, 0.6) is 5.75 Å². The lowest BCUT2D eigenvalue weighted by molar-refractivity contribution is 0.0951. The van der Waals surface area contributed by atoms with E-state index in [1.54, 1.807) is 31.5 Å². The fourth-order valence-corrected chi connectivity index (χ4v) is 2.64. The third kappa shape index (κ3) is 4.37. The number of rotatable bonds is 5. The molecule has 0 aliphatic carbocycles. The number of carbonyl (C=O) groups is 1. The van der Waals surface area contributed by atoms with Crippen LogP contribution in [0.25, 0.3) is 11.1 Å². The summed E-state index contributed by atoms with van der Waals surface area (Å²) in [5.74, 6) is 0.647. The zero-order valence-corrected chi connectivity index (χ0v) is 14.5. The molecule has 4 nitrogen and oxygen atoms in total. The Morgan fingerprint density at radius 1 is 1.08 bits per heavy atom. The molecule has 1 N–H and O–H groups in total. The van der Waals surface area contributed by atoms with Gasteiger partial charge in [0.2, 0.25) is 0 Å². The first-order valence-corrected chi connectivity index (χ1v) is 8.16. The van der Waals surface area contributed by atoms with Crippen molar-refractivity contribution in [2.24, 2.45) is 0 Å². The van der Waals surface area contributed by atoms with Crippen molar-refractivity contribution in [2.45, 2.75) is 6.54 Å². The zero-order chi connectivity index (χ0) is 17.6. The Labute approximate surface area is 151 Å². The van der Waals surface area contributed by atoms with Crippen LogP contribution in [0, 0.1) is 0 Å². The van der Waals surface area contributed by atoms with Crippen LogP contribution in [-0.2, 0) is 6.54 Å². The number of carbonyl (C=O) groups excluding carboxylic acids is 1. The number of ether oxygens (including phenoxy) is 1. The summed E-state index contributed by atoms with van der Waals surface area (Å²) in [6.45, 7) is 0.442. The number of amides is 1. The van der Waals surface area contributed by atoms with E-state index in [0.717, 1.165) is 22.4 Å². The average molecular weight is 353 g/mol. The minimum atomic E-state index is -0.123. The Balaban J connectivity index is 1.66. The maximum Gasteiger partial charge on any atom is 0.251 e. The predicted molar refractivity (Wildman–Crippen MR) is 98.8 cm³/mol. The van der Waals surface area contributed by atoms with E-state index in [2.05, 4.69) is 10.3 Å². The molecule has 25 heavy (non-hydrogen) atoms. The van der Waals surface area contributed by atoms with Gasteiger partial charge in [0.1, 0.15) is 10.9 Å². The maximum absolute atomic E-state index is 12.3. The molecule has 3 aromatic rings. The van der Waals surface area contributed by atoms with Crippen molar-refractivity contribution in [3.05, 3.63) is 83.1 Å². The first kappa shape index (κ1) is 17.0. The highest BCUT2D eigenvalue weighted by Gasteiger charge is 2.07. The Bertz CT molecular complexity index is 879. The summed E-state index contributed by atoms with van der Waals surface area (Å²) in [4.78, 5) is 16.3. The molecule has 0 saturated carbocycles. The Kier molecular flexibility index (Phi) is 5.31. The van der Waals surface area contributed by atoms with Gasteiger partial charge in [-0.05, 0) is 53.1 Å². The van der Waals surface area contributed by atoms with Crippen molar-refractivity contribution < 1.29 is 9.53 Å². The van der Waals surface area contributed by atoms with Gasteiger partial charge in [-0.25, -0.2) is 4.98 Å².